The van der Waals surface area contributed by atoms with Crippen LogP contribution in [-0.2, 0) is 11.3 Å². The van der Waals surface area contributed by atoms with Gasteiger partial charge in [0, 0.05) is 36.8 Å². The van der Waals surface area contributed by atoms with E-state index in [9.17, 15) is 9.59 Å². The van der Waals surface area contributed by atoms with Crippen molar-refractivity contribution < 1.29 is 9.59 Å². The normalized spacial score (nSPS) is 14.1. The minimum atomic E-state index is -0.0455. The molecule has 28 heavy (non-hydrogen) atoms. The van der Waals surface area contributed by atoms with Gasteiger partial charge in [0.2, 0.25) is 5.91 Å². The molecule has 5 nitrogen and oxygen atoms in total. The predicted octanol–water partition coefficient (Wildman–Crippen LogP) is 4.13. The fourth-order valence-corrected chi connectivity index (χ4v) is 3.40. The summed E-state index contributed by atoms with van der Waals surface area (Å²) >= 11 is 0. The third kappa shape index (κ3) is 4.40. The lowest BCUT2D eigenvalue weighted by molar-refractivity contribution is -0.119. The summed E-state index contributed by atoms with van der Waals surface area (Å²) in [5, 5.41) is 8.93. The lowest BCUT2D eigenvalue weighted by atomic mass is 10.1. The Labute approximate surface area is 166 Å². The van der Waals surface area contributed by atoms with Gasteiger partial charge in [0.25, 0.3) is 5.91 Å². The van der Waals surface area contributed by atoms with Gasteiger partial charge in [0.1, 0.15) is 0 Å². The van der Waals surface area contributed by atoms with Crippen LogP contribution in [0.4, 0.5) is 5.69 Å². The van der Waals surface area contributed by atoms with E-state index in [1.165, 1.54) is 0 Å². The molecule has 3 rings (SSSR count). The minimum Gasteiger partial charge on any atom is -0.332 e. The van der Waals surface area contributed by atoms with Crippen molar-refractivity contribution in [2.45, 2.75) is 45.7 Å². The molecule has 2 aromatic carbocycles. The molecule has 1 fully saturated rings. The topological polar surface area (TPSA) is 64.4 Å². The van der Waals surface area contributed by atoms with Crippen molar-refractivity contribution in [1.82, 2.24) is 4.90 Å². The van der Waals surface area contributed by atoms with Crippen LogP contribution in [0.1, 0.15) is 54.6 Å². The average molecular weight is 375 g/mol. The van der Waals surface area contributed by atoms with Gasteiger partial charge in [-0.05, 0) is 68.7 Å². The second-order valence-corrected chi connectivity index (χ2v) is 7.38. The van der Waals surface area contributed by atoms with Crippen molar-refractivity contribution in [3.05, 3.63) is 65.2 Å². The highest BCUT2D eigenvalue weighted by atomic mass is 16.2. The summed E-state index contributed by atoms with van der Waals surface area (Å²) in [7, 11) is 0. The van der Waals surface area contributed by atoms with E-state index in [2.05, 4.69) is 6.07 Å². The average Bonchev–Trinajstić information content (AvgIpc) is 2.72. The van der Waals surface area contributed by atoms with Crippen LogP contribution >= 0.6 is 0 Å². The Kier molecular flexibility index (Phi) is 6.10. The monoisotopic (exact) mass is 375 g/mol. The van der Waals surface area contributed by atoms with Gasteiger partial charge in [0.05, 0.1) is 11.6 Å². The van der Waals surface area contributed by atoms with E-state index in [-0.39, 0.29) is 17.9 Å². The molecule has 0 N–H and O–H groups in total. The summed E-state index contributed by atoms with van der Waals surface area (Å²) in [4.78, 5) is 28.8. The fourth-order valence-electron chi connectivity index (χ4n) is 3.40. The molecule has 0 unspecified atom stereocenters. The number of carbonyl (C=O) groups is 2. The van der Waals surface area contributed by atoms with Crippen molar-refractivity contribution in [3.63, 3.8) is 0 Å². The first kappa shape index (κ1) is 19.6. The summed E-state index contributed by atoms with van der Waals surface area (Å²) in [5.41, 5.74) is 3.05. The van der Waals surface area contributed by atoms with Crippen molar-refractivity contribution >= 4 is 17.5 Å². The van der Waals surface area contributed by atoms with E-state index in [1.54, 1.807) is 29.2 Å². The molecule has 2 amide bonds. The fraction of sp³-hybridized carbons (Fsp3) is 0.348. The van der Waals surface area contributed by atoms with Crippen LogP contribution in [0.25, 0.3) is 0 Å². The quantitative estimate of drug-likeness (QED) is 0.789. The molecule has 1 saturated heterocycles. The van der Waals surface area contributed by atoms with Gasteiger partial charge in [-0.1, -0.05) is 12.1 Å². The number of nitriles is 1. The lowest BCUT2D eigenvalue weighted by Crippen LogP contribution is -2.37. The number of hydrogen-bond donors (Lipinski definition) is 0. The first-order valence-corrected chi connectivity index (χ1v) is 9.70. The molecule has 0 aromatic heterocycles. The molecule has 0 atom stereocenters. The lowest BCUT2D eigenvalue weighted by Gasteiger charge is -2.28. The molecule has 1 heterocycles. The molecule has 1 aliphatic rings. The summed E-state index contributed by atoms with van der Waals surface area (Å²) in [6, 6.07) is 16.7. The zero-order valence-electron chi connectivity index (χ0n) is 16.4. The Morgan fingerprint density at radius 3 is 2.36 bits per heavy atom. The van der Waals surface area contributed by atoms with Gasteiger partial charge in [0.15, 0.2) is 0 Å². The van der Waals surface area contributed by atoms with Crippen LogP contribution in [0.2, 0.25) is 0 Å². The summed E-state index contributed by atoms with van der Waals surface area (Å²) in [5.74, 6) is 0.103. The molecule has 1 aliphatic heterocycles. The maximum Gasteiger partial charge on any atom is 0.254 e. The molecular formula is C23H25N3O2. The maximum atomic E-state index is 13.1. The van der Waals surface area contributed by atoms with E-state index in [0.717, 1.165) is 30.6 Å². The van der Waals surface area contributed by atoms with Crippen LogP contribution in [0.3, 0.4) is 0 Å². The van der Waals surface area contributed by atoms with E-state index in [1.807, 2.05) is 43.0 Å². The highest BCUT2D eigenvalue weighted by Crippen LogP contribution is 2.22. The van der Waals surface area contributed by atoms with Crippen molar-refractivity contribution in [2.75, 3.05) is 11.4 Å². The molecular weight excluding hydrogens is 350 g/mol. The van der Waals surface area contributed by atoms with Crippen LogP contribution in [0.15, 0.2) is 48.5 Å². The molecule has 0 bridgehead atoms. The number of benzene rings is 2. The number of hydrogen-bond acceptors (Lipinski definition) is 3. The number of carbonyl (C=O) groups excluding carboxylic acids is 2. The van der Waals surface area contributed by atoms with Gasteiger partial charge in [-0.15, -0.1) is 0 Å². The van der Waals surface area contributed by atoms with Gasteiger partial charge in [-0.25, -0.2) is 0 Å². The number of rotatable bonds is 5. The second-order valence-electron chi connectivity index (χ2n) is 7.38. The molecule has 5 heteroatoms. The van der Waals surface area contributed by atoms with Gasteiger partial charge in [-0.2, -0.15) is 5.26 Å². The second kappa shape index (κ2) is 8.71. The standard InChI is InChI=1S/C23H25N3O2/c1-17(2)26(16-19-8-6-18(15-24)7-9-19)23(28)20-10-12-21(13-11-20)25-14-4-3-5-22(25)27/h6-13,17H,3-5,14,16H2,1-2H3. The Morgan fingerprint density at radius 1 is 1.11 bits per heavy atom. The number of amides is 2. The Bertz CT molecular complexity index is 880. The van der Waals surface area contributed by atoms with Gasteiger partial charge < -0.3 is 9.80 Å². The van der Waals surface area contributed by atoms with Crippen molar-refractivity contribution in [3.8, 4) is 6.07 Å². The van der Waals surface area contributed by atoms with Crippen LogP contribution in [0, 0.1) is 11.3 Å². The first-order chi connectivity index (χ1) is 13.5. The minimum absolute atomic E-state index is 0.0338. The first-order valence-electron chi connectivity index (χ1n) is 9.70. The van der Waals surface area contributed by atoms with E-state index in [0.29, 0.717) is 24.1 Å². The smallest absolute Gasteiger partial charge is 0.254 e. The highest BCUT2D eigenvalue weighted by molar-refractivity contribution is 5.97. The number of piperidine rings is 1. The summed E-state index contributed by atoms with van der Waals surface area (Å²) < 4.78 is 0. The molecule has 0 saturated carbocycles. The maximum absolute atomic E-state index is 13.1. The van der Waals surface area contributed by atoms with Crippen molar-refractivity contribution in [2.24, 2.45) is 0 Å². The zero-order valence-corrected chi connectivity index (χ0v) is 16.4. The molecule has 144 valence electrons. The van der Waals surface area contributed by atoms with Crippen LogP contribution < -0.4 is 4.90 Å². The highest BCUT2D eigenvalue weighted by Gasteiger charge is 2.22. The van der Waals surface area contributed by atoms with E-state index >= 15 is 0 Å². The molecule has 0 aliphatic carbocycles. The van der Waals surface area contributed by atoms with Gasteiger partial charge >= 0.3 is 0 Å². The molecule has 0 spiro atoms. The third-order valence-electron chi connectivity index (χ3n) is 5.07. The van der Waals surface area contributed by atoms with Gasteiger partial charge in [-0.3, -0.25) is 9.59 Å². The van der Waals surface area contributed by atoms with E-state index < -0.39 is 0 Å². The number of anilines is 1. The largest absolute Gasteiger partial charge is 0.332 e. The number of nitrogens with zero attached hydrogens (tertiary/aromatic N) is 3. The van der Waals surface area contributed by atoms with Crippen LogP contribution in [0.5, 0.6) is 0 Å². The van der Waals surface area contributed by atoms with Crippen LogP contribution in [-0.4, -0.2) is 29.3 Å². The Hall–Kier alpha value is -3.13. The predicted molar refractivity (Wildman–Crippen MR) is 109 cm³/mol. The Balaban J connectivity index is 1.75. The SMILES string of the molecule is CC(C)N(Cc1ccc(C#N)cc1)C(=O)c1ccc(N2CCCCC2=O)cc1. The van der Waals surface area contributed by atoms with E-state index in [4.69, 9.17) is 5.26 Å². The summed E-state index contributed by atoms with van der Waals surface area (Å²) in [6.45, 7) is 5.20. The summed E-state index contributed by atoms with van der Waals surface area (Å²) in [6.07, 6.45) is 2.55. The zero-order chi connectivity index (χ0) is 20.1. The van der Waals surface area contributed by atoms with Crippen molar-refractivity contribution in [1.29, 1.82) is 5.26 Å². The third-order valence-corrected chi connectivity index (χ3v) is 5.07. The molecule has 2 aromatic rings. The Morgan fingerprint density at radius 2 is 1.79 bits per heavy atom. The molecule has 0 radical (unpaired) electrons.